The van der Waals surface area contributed by atoms with Gasteiger partial charge in [-0.2, -0.15) is 0 Å². The maximum absolute atomic E-state index is 8.66. The minimum absolute atomic E-state index is 0.141. The predicted octanol–water partition coefficient (Wildman–Crippen LogP) is 1.44. The lowest BCUT2D eigenvalue weighted by Crippen LogP contribution is -2.45. The molecule has 0 atom stereocenters. The quantitative estimate of drug-likeness (QED) is 0.314. The molecule has 0 bridgehead atoms. The standard InChI is InChI=1S/C14H21N3O2/c1-2-19-13-7-12(8-13)16-9-10-4-3-5-11(6-10)14(15)17-18/h3-6,12-13,16,18H,2,7-9H2,1H3,(H2,15,17). The summed E-state index contributed by atoms with van der Waals surface area (Å²) in [5.41, 5.74) is 7.44. The first kappa shape index (κ1) is 13.8. The molecule has 0 spiro atoms. The minimum atomic E-state index is 0.141. The first-order valence-electron chi connectivity index (χ1n) is 6.64. The van der Waals surface area contributed by atoms with Crippen molar-refractivity contribution in [2.24, 2.45) is 10.9 Å². The van der Waals surface area contributed by atoms with Crippen LogP contribution in [0.1, 0.15) is 30.9 Å². The molecule has 19 heavy (non-hydrogen) atoms. The Hall–Kier alpha value is -1.59. The second kappa shape index (κ2) is 6.54. The molecule has 0 saturated heterocycles. The Morgan fingerprint density at radius 2 is 2.32 bits per heavy atom. The molecule has 1 saturated carbocycles. The molecule has 5 heteroatoms. The van der Waals surface area contributed by atoms with E-state index < -0.39 is 0 Å². The molecule has 1 aromatic carbocycles. The SMILES string of the molecule is CCOC1CC(NCc2cccc(/C(N)=N/O)c2)C1. The largest absolute Gasteiger partial charge is 0.409 e. The van der Waals surface area contributed by atoms with Gasteiger partial charge in [0.25, 0.3) is 0 Å². The lowest BCUT2D eigenvalue weighted by Gasteiger charge is -2.35. The number of amidine groups is 1. The van der Waals surface area contributed by atoms with Crippen LogP contribution in [0, 0.1) is 0 Å². The van der Waals surface area contributed by atoms with Crippen LogP contribution in [0.15, 0.2) is 29.4 Å². The monoisotopic (exact) mass is 263 g/mol. The summed E-state index contributed by atoms with van der Waals surface area (Å²) < 4.78 is 5.53. The number of oxime groups is 1. The molecule has 1 fully saturated rings. The summed E-state index contributed by atoms with van der Waals surface area (Å²) in [4.78, 5) is 0. The van der Waals surface area contributed by atoms with Crippen LogP contribution in [-0.4, -0.2) is 29.8 Å². The highest BCUT2D eigenvalue weighted by Crippen LogP contribution is 2.23. The van der Waals surface area contributed by atoms with Crippen molar-refractivity contribution in [1.82, 2.24) is 5.32 Å². The molecule has 0 amide bonds. The van der Waals surface area contributed by atoms with Gasteiger partial charge >= 0.3 is 0 Å². The van der Waals surface area contributed by atoms with Crippen molar-refractivity contribution in [3.63, 3.8) is 0 Å². The highest BCUT2D eigenvalue weighted by atomic mass is 16.5. The van der Waals surface area contributed by atoms with Gasteiger partial charge in [-0.15, -0.1) is 0 Å². The zero-order chi connectivity index (χ0) is 13.7. The van der Waals surface area contributed by atoms with Crippen LogP contribution in [0.3, 0.4) is 0 Å². The number of benzene rings is 1. The molecule has 5 nitrogen and oxygen atoms in total. The van der Waals surface area contributed by atoms with Crippen LogP contribution >= 0.6 is 0 Å². The van der Waals surface area contributed by atoms with Crippen LogP contribution in [0.4, 0.5) is 0 Å². The molecule has 4 N–H and O–H groups in total. The van der Waals surface area contributed by atoms with E-state index in [2.05, 4.69) is 10.5 Å². The zero-order valence-electron chi connectivity index (χ0n) is 11.2. The van der Waals surface area contributed by atoms with E-state index in [4.69, 9.17) is 15.7 Å². The van der Waals surface area contributed by atoms with Gasteiger partial charge in [0, 0.05) is 24.8 Å². The summed E-state index contributed by atoms with van der Waals surface area (Å²) in [6.07, 6.45) is 2.58. The third kappa shape index (κ3) is 3.68. The van der Waals surface area contributed by atoms with E-state index in [1.165, 1.54) is 0 Å². The van der Waals surface area contributed by atoms with Crippen LogP contribution in [0.5, 0.6) is 0 Å². The van der Waals surface area contributed by atoms with Crippen LogP contribution in [-0.2, 0) is 11.3 Å². The fourth-order valence-corrected chi connectivity index (χ4v) is 2.26. The van der Waals surface area contributed by atoms with Gasteiger partial charge in [0.05, 0.1) is 6.10 Å². The second-order valence-electron chi connectivity index (χ2n) is 4.81. The molecule has 0 aromatic heterocycles. The normalized spacial score (nSPS) is 23.1. The fourth-order valence-electron chi connectivity index (χ4n) is 2.26. The van der Waals surface area contributed by atoms with E-state index in [1.807, 2.05) is 31.2 Å². The summed E-state index contributed by atoms with van der Waals surface area (Å²) >= 11 is 0. The smallest absolute Gasteiger partial charge is 0.170 e. The molecule has 1 aliphatic carbocycles. The Morgan fingerprint density at radius 3 is 3.00 bits per heavy atom. The second-order valence-corrected chi connectivity index (χ2v) is 4.81. The van der Waals surface area contributed by atoms with Crippen molar-refractivity contribution in [2.75, 3.05) is 6.61 Å². The number of ether oxygens (including phenoxy) is 1. The van der Waals surface area contributed by atoms with Crippen LogP contribution < -0.4 is 11.1 Å². The molecule has 2 rings (SSSR count). The van der Waals surface area contributed by atoms with Gasteiger partial charge in [0.1, 0.15) is 0 Å². The molecule has 1 aromatic rings. The predicted molar refractivity (Wildman–Crippen MR) is 74.2 cm³/mol. The molecular weight excluding hydrogens is 242 g/mol. The van der Waals surface area contributed by atoms with Gasteiger partial charge < -0.3 is 21.0 Å². The minimum Gasteiger partial charge on any atom is -0.409 e. The van der Waals surface area contributed by atoms with Gasteiger partial charge in [-0.05, 0) is 31.4 Å². The number of nitrogens with two attached hydrogens (primary N) is 1. The average Bonchev–Trinajstić information content (AvgIpc) is 2.40. The van der Waals surface area contributed by atoms with E-state index in [9.17, 15) is 0 Å². The van der Waals surface area contributed by atoms with E-state index in [0.29, 0.717) is 12.1 Å². The number of nitrogens with zero attached hydrogens (tertiary/aromatic N) is 1. The van der Waals surface area contributed by atoms with Crippen molar-refractivity contribution in [3.8, 4) is 0 Å². The highest BCUT2D eigenvalue weighted by molar-refractivity contribution is 5.97. The van der Waals surface area contributed by atoms with Crippen LogP contribution in [0.25, 0.3) is 0 Å². The molecule has 0 radical (unpaired) electrons. The third-order valence-electron chi connectivity index (χ3n) is 3.42. The molecular formula is C14H21N3O2. The highest BCUT2D eigenvalue weighted by Gasteiger charge is 2.28. The van der Waals surface area contributed by atoms with E-state index >= 15 is 0 Å². The number of hydrogen-bond donors (Lipinski definition) is 3. The van der Waals surface area contributed by atoms with Gasteiger partial charge in [-0.1, -0.05) is 23.4 Å². The summed E-state index contributed by atoms with van der Waals surface area (Å²) in [5, 5.41) is 15.2. The average molecular weight is 263 g/mol. The Balaban J connectivity index is 1.81. The maximum Gasteiger partial charge on any atom is 0.170 e. The molecule has 104 valence electrons. The Bertz CT molecular complexity index is 442. The fraction of sp³-hybridized carbons (Fsp3) is 0.500. The van der Waals surface area contributed by atoms with E-state index in [1.54, 1.807) is 0 Å². The van der Waals surface area contributed by atoms with Crippen molar-refractivity contribution >= 4 is 5.84 Å². The topological polar surface area (TPSA) is 79.9 Å². The lowest BCUT2D eigenvalue weighted by molar-refractivity contribution is -0.0102. The molecule has 0 aliphatic heterocycles. The first-order chi connectivity index (χ1) is 9.22. The van der Waals surface area contributed by atoms with Crippen molar-refractivity contribution in [2.45, 2.75) is 38.5 Å². The Morgan fingerprint density at radius 1 is 1.53 bits per heavy atom. The molecule has 0 unspecified atom stereocenters. The van der Waals surface area contributed by atoms with E-state index in [0.717, 1.165) is 37.1 Å². The van der Waals surface area contributed by atoms with Crippen molar-refractivity contribution in [1.29, 1.82) is 0 Å². The summed E-state index contributed by atoms with van der Waals surface area (Å²) in [5.74, 6) is 0.141. The van der Waals surface area contributed by atoms with Gasteiger partial charge in [-0.3, -0.25) is 0 Å². The Kier molecular flexibility index (Phi) is 4.76. The van der Waals surface area contributed by atoms with E-state index in [-0.39, 0.29) is 5.84 Å². The lowest BCUT2D eigenvalue weighted by atomic mass is 9.89. The summed E-state index contributed by atoms with van der Waals surface area (Å²) in [6, 6.07) is 8.23. The number of rotatable bonds is 6. The zero-order valence-corrected chi connectivity index (χ0v) is 11.2. The summed E-state index contributed by atoms with van der Waals surface area (Å²) in [7, 11) is 0. The number of nitrogens with one attached hydrogen (secondary N) is 1. The molecule has 1 aliphatic rings. The Labute approximate surface area is 113 Å². The summed E-state index contributed by atoms with van der Waals surface area (Å²) in [6.45, 7) is 3.61. The number of hydrogen-bond acceptors (Lipinski definition) is 4. The van der Waals surface area contributed by atoms with Gasteiger partial charge in [-0.25, -0.2) is 0 Å². The third-order valence-corrected chi connectivity index (χ3v) is 3.42. The maximum atomic E-state index is 8.66. The molecule has 0 heterocycles. The van der Waals surface area contributed by atoms with Crippen molar-refractivity contribution < 1.29 is 9.94 Å². The van der Waals surface area contributed by atoms with Gasteiger partial charge in [0.2, 0.25) is 0 Å². The van der Waals surface area contributed by atoms with Crippen molar-refractivity contribution in [3.05, 3.63) is 35.4 Å². The first-order valence-corrected chi connectivity index (χ1v) is 6.64. The van der Waals surface area contributed by atoms with Crippen LogP contribution in [0.2, 0.25) is 0 Å². The van der Waals surface area contributed by atoms with Gasteiger partial charge in [0.15, 0.2) is 5.84 Å².